The Morgan fingerprint density at radius 3 is 2.47 bits per heavy atom. The number of hydrogen-bond donors (Lipinski definition) is 0. The molecular weight excluding hydrogens is 184 g/mol. The topological polar surface area (TPSA) is 25.8 Å². The highest BCUT2D eigenvalue weighted by Gasteiger charge is 2.01. The minimum atomic E-state index is 1.02. The van der Waals surface area contributed by atoms with Gasteiger partial charge < -0.3 is 0 Å². The van der Waals surface area contributed by atoms with Crippen molar-refractivity contribution in [3.05, 3.63) is 48.0 Å². The normalized spacial score (nSPS) is 10.3. The van der Waals surface area contributed by atoms with Crippen LogP contribution in [0.3, 0.4) is 0 Å². The van der Waals surface area contributed by atoms with E-state index in [1.165, 1.54) is 11.1 Å². The summed E-state index contributed by atoms with van der Waals surface area (Å²) < 4.78 is 0. The molecule has 0 saturated heterocycles. The van der Waals surface area contributed by atoms with E-state index in [9.17, 15) is 0 Å². The third-order valence-corrected chi connectivity index (χ3v) is 2.58. The van der Waals surface area contributed by atoms with Crippen molar-refractivity contribution in [3.63, 3.8) is 0 Å². The maximum absolute atomic E-state index is 4.19. The molecule has 1 aromatic heterocycles. The third-order valence-electron chi connectivity index (χ3n) is 2.58. The van der Waals surface area contributed by atoms with Crippen molar-refractivity contribution in [3.8, 4) is 11.1 Å². The first-order chi connectivity index (χ1) is 7.31. The number of aromatic nitrogens is 2. The summed E-state index contributed by atoms with van der Waals surface area (Å²) in [5, 5.41) is 0. The van der Waals surface area contributed by atoms with Crippen LogP contribution in [0.2, 0.25) is 0 Å². The molecule has 1 aromatic carbocycles. The van der Waals surface area contributed by atoms with Gasteiger partial charge in [0.1, 0.15) is 6.33 Å². The van der Waals surface area contributed by atoms with Crippen molar-refractivity contribution in [2.45, 2.75) is 20.3 Å². The van der Waals surface area contributed by atoms with E-state index in [-0.39, 0.29) is 0 Å². The van der Waals surface area contributed by atoms with Crippen molar-refractivity contribution in [1.82, 2.24) is 9.97 Å². The van der Waals surface area contributed by atoms with Crippen LogP contribution in [0.25, 0.3) is 11.1 Å². The Bertz CT molecular complexity index is 446. The molecule has 0 radical (unpaired) electrons. The van der Waals surface area contributed by atoms with Gasteiger partial charge in [-0.15, -0.1) is 0 Å². The Balaban J connectivity index is 2.42. The van der Waals surface area contributed by atoms with E-state index < -0.39 is 0 Å². The van der Waals surface area contributed by atoms with E-state index in [4.69, 9.17) is 0 Å². The fourth-order valence-electron chi connectivity index (χ4n) is 1.59. The highest BCUT2D eigenvalue weighted by molar-refractivity contribution is 5.64. The number of aryl methyl sites for hydroxylation is 2. The molecule has 1 heterocycles. The van der Waals surface area contributed by atoms with Gasteiger partial charge in [0, 0.05) is 17.5 Å². The molecule has 0 saturated carbocycles. The Morgan fingerprint density at radius 1 is 1.13 bits per heavy atom. The lowest BCUT2D eigenvalue weighted by atomic mass is 10.0. The molecule has 2 nitrogen and oxygen atoms in total. The summed E-state index contributed by atoms with van der Waals surface area (Å²) in [6.45, 7) is 4.16. The number of nitrogens with zero attached hydrogens (tertiary/aromatic N) is 2. The van der Waals surface area contributed by atoms with Crippen LogP contribution in [-0.4, -0.2) is 9.97 Å². The van der Waals surface area contributed by atoms with Gasteiger partial charge in [0.05, 0.1) is 0 Å². The average Bonchev–Trinajstić information content (AvgIpc) is 2.30. The van der Waals surface area contributed by atoms with Crippen LogP contribution in [0.5, 0.6) is 0 Å². The molecule has 15 heavy (non-hydrogen) atoms. The van der Waals surface area contributed by atoms with Gasteiger partial charge in [0.2, 0.25) is 0 Å². The van der Waals surface area contributed by atoms with Gasteiger partial charge in [-0.05, 0) is 24.5 Å². The molecule has 0 spiro atoms. The number of rotatable bonds is 2. The van der Waals surface area contributed by atoms with Crippen LogP contribution >= 0.6 is 0 Å². The zero-order valence-corrected chi connectivity index (χ0v) is 9.07. The first-order valence-corrected chi connectivity index (χ1v) is 5.17. The lowest BCUT2D eigenvalue weighted by Gasteiger charge is -2.04. The molecule has 76 valence electrons. The van der Waals surface area contributed by atoms with E-state index in [2.05, 4.69) is 41.2 Å². The van der Waals surface area contributed by atoms with Gasteiger partial charge >= 0.3 is 0 Å². The summed E-state index contributed by atoms with van der Waals surface area (Å²) in [5.74, 6) is 0. The second kappa shape index (κ2) is 4.22. The molecule has 2 aromatic rings. The van der Waals surface area contributed by atoms with E-state index in [1.807, 2.05) is 13.1 Å². The lowest BCUT2D eigenvalue weighted by molar-refractivity contribution is 1.10. The third kappa shape index (κ3) is 2.04. The Morgan fingerprint density at radius 2 is 1.87 bits per heavy atom. The van der Waals surface area contributed by atoms with Crippen LogP contribution < -0.4 is 0 Å². The fraction of sp³-hybridized carbons (Fsp3) is 0.231. The van der Waals surface area contributed by atoms with Crippen LogP contribution in [-0.2, 0) is 6.42 Å². The maximum Gasteiger partial charge on any atom is 0.115 e. The molecule has 0 aliphatic carbocycles. The number of hydrogen-bond acceptors (Lipinski definition) is 2. The minimum Gasteiger partial charge on any atom is -0.244 e. The monoisotopic (exact) mass is 198 g/mol. The SMILES string of the molecule is CCc1ccc(-c2cncnc2C)cc1. The predicted molar refractivity (Wildman–Crippen MR) is 61.6 cm³/mol. The zero-order valence-electron chi connectivity index (χ0n) is 9.07. The van der Waals surface area contributed by atoms with Crippen molar-refractivity contribution < 1.29 is 0 Å². The van der Waals surface area contributed by atoms with Crippen LogP contribution in [0, 0.1) is 6.92 Å². The van der Waals surface area contributed by atoms with E-state index >= 15 is 0 Å². The van der Waals surface area contributed by atoms with Crippen LogP contribution in [0.4, 0.5) is 0 Å². The molecule has 0 fully saturated rings. The molecule has 0 atom stereocenters. The molecule has 0 N–H and O–H groups in total. The molecule has 0 unspecified atom stereocenters. The standard InChI is InChI=1S/C13H14N2/c1-3-11-4-6-12(7-5-11)13-8-14-9-15-10(13)2/h4-9H,3H2,1-2H3. The summed E-state index contributed by atoms with van der Waals surface area (Å²) in [6.07, 6.45) is 4.52. The summed E-state index contributed by atoms with van der Waals surface area (Å²) in [4.78, 5) is 8.24. The largest absolute Gasteiger partial charge is 0.244 e. The maximum atomic E-state index is 4.19. The van der Waals surface area contributed by atoms with E-state index in [0.29, 0.717) is 0 Å². The summed E-state index contributed by atoms with van der Waals surface area (Å²) in [7, 11) is 0. The lowest BCUT2D eigenvalue weighted by Crippen LogP contribution is -1.89. The van der Waals surface area contributed by atoms with E-state index in [0.717, 1.165) is 17.7 Å². The van der Waals surface area contributed by atoms with E-state index in [1.54, 1.807) is 6.33 Å². The average molecular weight is 198 g/mol. The van der Waals surface area contributed by atoms with Crippen molar-refractivity contribution >= 4 is 0 Å². The Hall–Kier alpha value is -1.70. The van der Waals surface area contributed by atoms with Crippen molar-refractivity contribution in [2.75, 3.05) is 0 Å². The molecule has 0 aliphatic rings. The smallest absolute Gasteiger partial charge is 0.115 e. The highest BCUT2D eigenvalue weighted by atomic mass is 14.8. The Labute approximate surface area is 90.0 Å². The van der Waals surface area contributed by atoms with Crippen molar-refractivity contribution in [1.29, 1.82) is 0 Å². The first kappa shape index (κ1) is 9.84. The predicted octanol–water partition coefficient (Wildman–Crippen LogP) is 3.01. The highest BCUT2D eigenvalue weighted by Crippen LogP contribution is 2.21. The summed E-state index contributed by atoms with van der Waals surface area (Å²) in [5.41, 5.74) is 4.67. The molecule has 0 aliphatic heterocycles. The number of benzene rings is 1. The van der Waals surface area contributed by atoms with Gasteiger partial charge in [0.15, 0.2) is 0 Å². The quantitative estimate of drug-likeness (QED) is 0.741. The molecule has 0 amide bonds. The first-order valence-electron chi connectivity index (χ1n) is 5.17. The van der Waals surface area contributed by atoms with Gasteiger partial charge in [-0.1, -0.05) is 31.2 Å². The zero-order chi connectivity index (χ0) is 10.7. The van der Waals surface area contributed by atoms with Crippen LogP contribution in [0.15, 0.2) is 36.8 Å². The van der Waals surface area contributed by atoms with Crippen LogP contribution in [0.1, 0.15) is 18.2 Å². The van der Waals surface area contributed by atoms with Gasteiger partial charge in [-0.2, -0.15) is 0 Å². The molecule has 2 heteroatoms. The van der Waals surface area contributed by atoms with Gasteiger partial charge in [-0.3, -0.25) is 0 Å². The molecule has 0 bridgehead atoms. The second-order valence-corrected chi connectivity index (χ2v) is 3.57. The molecule has 2 rings (SSSR count). The van der Waals surface area contributed by atoms with Crippen molar-refractivity contribution in [2.24, 2.45) is 0 Å². The molecular formula is C13H14N2. The van der Waals surface area contributed by atoms with Gasteiger partial charge in [0.25, 0.3) is 0 Å². The summed E-state index contributed by atoms with van der Waals surface area (Å²) in [6, 6.07) is 8.57. The fourth-order valence-corrected chi connectivity index (χ4v) is 1.59. The summed E-state index contributed by atoms with van der Waals surface area (Å²) >= 11 is 0. The second-order valence-electron chi connectivity index (χ2n) is 3.57. The Kier molecular flexibility index (Phi) is 2.77. The van der Waals surface area contributed by atoms with Gasteiger partial charge in [-0.25, -0.2) is 9.97 Å². The minimum absolute atomic E-state index is 1.02.